The molecule has 0 atom stereocenters. The Kier molecular flexibility index (Phi) is 7.14. The molecule has 2 aromatic heterocycles. The van der Waals surface area contributed by atoms with Gasteiger partial charge in [-0.05, 0) is 62.6 Å². The third-order valence-corrected chi connectivity index (χ3v) is 7.14. The van der Waals surface area contributed by atoms with Gasteiger partial charge in [0.15, 0.2) is 5.88 Å². The summed E-state index contributed by atoms with van der Waals surface area (Å²) < 4.78 is 5.83. The molecule has 0 unspecified atom stereocenters. The Balaban J connectivity index is 1.61. The Morgan fingerprint density at radius 3 is 2.49 bits per heavy atom. The molecular formula is C29H27N5O4S. The number of carbonyl (C=O) groups is 2. The number of H-pyrrole nitrogens is 1. The van der Waals surface area contributed by atoms with Gasteiger partial charge in [-0.2, -0.15) is 0 Å². The molecule has 0 aliphatic rings. The number of aromatic hydroxyl groups is 1. The quantitative estimate of drug-likeness (QED) is 0.223. The Bertz CT molecular complexity index is 1720. The highest BCUT2D eigenvalue weighted by Crippen LogP contribution is 2.33. The first-order valence-electron chi connectivity index (χ1n) is 12.1. The monoisotopic (exact) mass is 541 g/mol. The van der Waals surface area contributed by atoms with Gasteiger partial charge in [0.05, 0.1) is 51.9 Å². The van der Waals surface area contributed by atoms with Crippen LogP contribution in [0.25, 0.3) is 21.1 Å². The highest BCUT2D eigenvalue weighted by molar-refractivity contribution is 7.16. The second kappa shape index (κ2) is 10.7. The minimum Gasteiger partial charge on any atom is -0.494 e. The van der Waals surface area contributed by atoms with Crippen LogP contribution in [0.3, 0.4) is 0 Å². The van der Waals surface area contributed by atoms with Crippen molar-refractivity contribution < 1.29 is 19.4 Å². The Labute approximate surface area is 229 Å². The zero-order valence-electron chi connectivity index (χ0n) is 21.9. The molecule has 2 heterocycles. The summed E-state index contributed by atoms with van der Waals surface area (Å²) in [6, 6.07) is 18.3. The van der Waals surface area contributed by atoms with Crippen LogP contribution < -0.4 is 4.90 Å². The van der Waals surface area contributed by atoms with Gasteiger partial charge in [-0.25, -0.2) is 14.8 Å². The fourth-order valence-electron chi connectivity index (χ4n) is 4.34. The minimum atomic E-state index is -0.466. The number of aliphatic imine (C=N–C) groups is 1. The smallest absolute Gasteiger partial charge is 0.337 e. The molecule has 0 aliphatic carbocycles. The maximum Gasteiger partial charge on any atom is 0.337 e. The van der Waals surface area contributed by atoms with E-state index in [0.717, 1.165) is 21.5 Å². The van der Waals surface area contributed by atoms with Crippen molar-refractivity contribution >= 4 is 61.4 Å². The predicted octanol–water partition coefficient (Wildman–Crippen LogP) is 4.96. The normalized spacial score (nSPS) is 11.9. The molecule has 0 fully saturated rings. The van der Waals surface area contributed by atoms with Crippen molar-refractivity contribution in [1.29, 1.82) is 0 Å². The van der Waals surface area contributed by atoms with Crippen LogP contribution in [0.4, 0.5) is 11.4 Å². The minimum absolute atomic E-state index is 0.0233. The molecule has 0 bridgehead atoms. The average molecular weight is 542 g/mol. The molecule has 198 valence electrons. The van der Waals surface area contributed by atoms with E-state index in [2.05, 4.69) is 9.97 Å². The summed E-state index contributed by atoms with van der Waals surface area (Å²) in [6.45, 7) is 0.304. The number of hydrogen-bond donors (Lipinski definition) is 2. The molecule has 0 spiro atoms. The fraction of sp³-hybridized carbons (Fsp3) is 0.172. The third-order valence-electron chi connectivity index (χ3n) is 6.34. The second-order valence-corrected chi connectivity index (χ2v) is 10.2. The molecule has 5 rings (SSSR count). The number of carbonyl (C=O) groups excluding carboxylic acids is 2. The van der Waals surface area contributed by atoms with E-state index < -0.39 is 5.97 Å². The summed E-state index contributed by atoms with van der Waals surface area (Å²) in [6.07, 6.45) is 0. The molecule has 0 saturated carbocycles. The number of likely N-dealkylation sites (N-methyl/N-ethyl adjacent to an activating group) is 2. The van der Waals surface area contributed by atoms with E-state index in [0.29, 0.717) is 40.0 Å². The maximum atomic E-state index is 12.5. The molecule has 0 saturated heterocycles. The zero-order valence-corrected chi connectivity index (χ0v) is 22.7. The number of rotatable bonds is 7. The molecule has 0 aliphatic heterocycles. The van der Waals surface area contributed by atoms with Gasteiger partial charge in [0.1, 0.15) is 0 Å². The van der Waals surface area contributed by atoms with Crippen LogP contribution in [0, 0.1) is 0 Å². The zero-order chi connectivity index (χ0) is 27.7. The highest BCUT2D eigenvalue weighted by Gasteiger charge is 2.21. The number of fused-ring (bicyclic) bond motifs is 2. The standard InChI is InChI=1S/C29H27N5O4S/c1-33(2)15-25(35)34(3)20-9-7-19(8-10-20)31-27(17-6-12-22-24(14-17)39-16-30-22)26-21-11-5-18(29(37)38-4)13-23(21)32-28(26)36/h5-14,16,32,36H,15H2,1-4H3. The van der Waals surface area contributed by atoms with Crippen molar-refractivity contribution in [3.8, 4) is 5.88 Å². The number of esters is 1. The van der Waals surface area contributed by atoms with Crippen molar-refractivity contribution in [2.75, 3.05) is 39.7 Å². The first-order chi connectivity index (χ1) is 18.7. The lowest BCUT2D eigenvalue weighted by molar-refractivity contribution is -0.118. The first kappa shape index (κ1) is 26.1. The topological polar surface area (TPSA) is 111 Å². The SMILES string of the molecule is COC(=O)c1ccc2c(C(=Nc3ccc(N(C)C(=O)CN(C)C)cc3)c3ccc4ncsc4c3)c(O)[nH]c2c1. The number of ether oxygens (including phenoxy) is 1. The van der Waals surface area contributed by atoms with E-state index in [1.54, 1.807) is 35.7 Å². The largest absolute Gasteiger partial charge is 0.494 e. The number of methoxy groups -OCH3 is 1. The Morgan fingerprint density at radius 2 is 1.77 bits per heavy atom. The molecule has 3 aromatic carbocycles. The van der Waals surface area contributed by atoms with Gasteiger partial charge in [-0.15, -0.1) is 11.3 Å². The van der Waals surface area contributed by atoms with Crippen LogP contribution in [-0.4, -0.2) is 72.4 Å². The summed E-state index contributed by atoms with van der Waals surface area (Å²) in [5, 5.41) is 11.7. The summed E-state index contributed by atoms with van der Waals surface area (Å²) in [4.78, 5) is 40.3. The lowest BCUT2D eigenvalue weighted by Gasteiger charge is -2.19. The number of aromatic nitrogens is 2. The van der Waals surface area contributed by atoms with Crippen LogP contribution in [0.1, 0.15) is 21.5 Å². The number of nitrogens with zero attached hydrogens (tertiary/aromatic N) is 4. The van der Waals surface area contributed by atoms with Crippen LogP contribution in [0.2, 0.25) is 0 Å². The van der Waals surface area contributed by atoms with Crippen molar-refractivity contribution in [2.45, 2.75) is 0 Å². The molecular weight excluding hydrogens is 514 g/mol. The summed E-state index contributed by atoms with van der Waals surface area (Å²) in [5.41, 5.74) is 6.85. The molecule has 1 amide bonds. The lowest BCUT2D eigenvalue weighted by Crippen LogP contribution is -2.34. The molecule has 10 heteroatoms. The van der Waals surface area contributed by atoms with Crippen molar-refractivity contribution in [3.05, 3.63) is 82.9 Å². The summed E-state index contributed by atoms with van der Waals surface area (Å²) >= 11 is 1.52. The summed E-state index contributed by atoms with van der Waals surface area (Å²) in [7, 11) is 6.77. The maximum absolute atomic E-state index is 12.5. The van der Waals surface area contributed by atoms with Crippen LogP contribution in [0.15, 0.2) is 71.2 Å². The molecule has 39 heavy (non-hydrogen) atoms. The van der Waals surface area contributed by atoms with E-state index in [1.807, 2.05) is 61.5 Å². The highest BCUT2D eigenvalue weighted by atomic mass is 32.1. The first-order valence-corrected chi connectivity index (χ1v) is 13.0. The Morgan fingerprint density at radius 1 is 1.03 bits per heavy atom. The molecule has 0 radical (unpaired) electrons. The van der Waals surface area contributed by atoms with E-state index in [-0.39, 0.29) is 11.8 Å². The van der Waals surface area contributed by atoms with Crippen molar-refractivity contribution in [3.63, 3.8) is 0 Å². The van der Waals surface area contributed by atoms with E-state index in [4.69, 9.17) is 9.73 Å². The molecule has 5 aromatic rings. The number of nitrogens with one attached hydrogen (secondary N) is 1. The van der Waals surface area contributed by atoms with Gasteiger partial charge in [0.2, 0.25) is 5.91 Å². The van der Waals surface area contributed by atoms with Crippen LogP contribution in [0.5, 0.6) is 5.88 Å². The Hall–Kier alpha value is -4.54. The predicted molar refractivity (Wildman–Crippen MR) is 155 cm³/mol. The van der Waals surface area contributed by atoms with Crippen LogP contribution >= 0.6 is 11.3 Å². The number of aromatic amines is 1. The number of thiazole rings is 1. The average Bonchev–Trinajstić information content (AvgIpc) is 3.53. The summed E-state index contributed by atoms with van der Waals surface area (Å²) in [5.74, 6) is -0.558. The van der Waals surface area contributed by atoms with Crippen molar-refractivity contribution in [2.24, 2.45) is 4.99 Å². The number of benzene rings is 3. The lowest BCUT2D eigenvalue weighted by atomic mass is 10.00. The fourth-order valence-corrected chi connectivity index (χ4v) is 5.05. The van der Waals surface area contributed by atoms with Gasteiger partial charge >= 0.3 is 5.97 Å². The number of hydrogen-bond acceptors (Lipinski definition) is 8. The van der Waals surface area contributed by atoms with Gasteiger partial charge in [-0.1, -0.05) is 12.1 Å². The second-order valence-electron chi connectivity index (χ2n) is 9.30. The van der Waals surface area contributed by atoms with Crippen molar-refractivity contribution in [1.82, 2.24) is 14.9 Å². The van der Waals surface area contributed by atoms with Gasteiger partial charge in [-0.3, -0.25) is 4.79 Å². The van der Waals surface area contributed by atoms with Crippen LogP contribution in [-0.2, 0) is 9.53 Å². The third kappa shape index (κ3) is 5.25. The van der Waals surface area contributed by atoms with E-state index in [1.165, 1.54) is 18.4 Å². The van der Waals surface area contributed by atoms with Gasteiger partial charge in [0, 0.05) is 29.2 Å². The molecule has 2 N–H and O–H groups in total. The number of anilines is 1. The van der Waals surface area contributed by atoms with Gasteiger partial charge in [0.25, 0.3) is 0 Å². The number of amides is 1. The van der Waals surface area contributed by atoms with E-state index in [9.17, 15) is 14.7 Å². The molecule has 9 nitrogen and oxygen atoms in total. The van der Waals surface area contributed by atoms with E-state index >= 15 is 0 Å². The van der Waals surface area contributed by atoms with Gasteiger partial charge < -0.3 is 24.6 Å².